The van der Waals surface area contributed by atoms with Gasteiger partial charge in [-0.15, -0.1) is 0 Å². The maximum absolute atomic E-state index is 12.1. The summed E-state index contributed by atoms with van der Waals surface area (Å²) in [5, 5.41) is 10.6. The number of ketones is 1. The van der Waals surface area contributed by atoms with E-state index in [1.165, 1.54) is 12.3 Å². The van der Waals surface area contributed by atoms with Gasteiger partial charge < -0.3 is 9.72 Å². The second kappa shape index (κ2) is 5.94. The number of carbonyl (C=O) groups excluding carboxylic acids is 1. The van der Waals surface area contributed by atoms with Crippen molar-refractivity contribution in [2.75, 3.05) is 26.8 Å². The molecule has 104 valence electrons. The summed E-state index contributed by atoms with van der Waals surface area (Å²) in [7, 11) is 1.63. The second-order valence-corrected chi connectivity index (χ2v) is 4.65. The lowest BCUT2D eigenvalue weighted by molar-refractivity contribution is -0.384. The quantitative estimate of drug-likeness (QED) is 0.434. The zero-order valence-electron chi connectivity index (χ0n) is 10.8. The Kier molecular flexibility index (Phi) is 4.28. The van der Waals surface area contributed by atoms with Crippen LogP contribution in [0.2, 0.25) is 0 Å². The maximum atomic E-state index is 12.1. The first-order valence-electron chi connectivity index (χ1n) is 6.21. The van der Waals surface area contributed by atoms with Crippen molar-refractivity contribution in [1.29, 1.82) is 0 Å². The third kappa shape index (κ3) is 3.62. The fourth-order valence-corrected chi connectivity index (χ4v) is 1.96. The number of aromatic amines is 1. The number of hydrogen-bond donors (Lipinski definition) is 1. The highest BCUT2D eigenvalue weighted by atomic mass is 16.6. The predicted molar refractivity (Wildman–Crippen MR) is 68.2 cm³/mol. The van der Waals surface area contributed by atoms with Gasteiger partial charge in [0.1, 0.15) is 0 Å². The lowest BCUT2D eigenvalue weighted by atomic mass is 10.2. The van der Waals surface area contributed by atoms with Crippen LogP contribution in [-0.4, -0.2) is 53.4 Å². The standard InChI is InChI=1S/C12H17N3O4/c1-19-5-4-14(9-2-3-9)8-12(16)11-6-10(7-13-11)15(17)18/h6-7,9,13H,2-5,8H2,1H3. The van der Waals surface area contributed by atoms with Crippen molar-refractivity contribution in [3.63, 3.8) is 0 Å². The third-order valence-corrected chi connectivity index (χ3v) is 3.17. The van der Waals surface area contributed by atoms with E-state index < -0.39 is 4.92 Å². The molecule has 0 bridgehead atoms. The van der Waals surface area contributed by atoms with Crippen LogP contribution in [0, 0.1) is 10.1 Å². The molecule has 2 rings (SSSR count). The van der Waals surface area contributed by atoms with Crippen molar-refractivity contribution in [1.82, 2.24) is 9.88 Å². The number of Topliss-reactive ketones (excluding diaryl/α,β-unsaturated/α-hetero) is 1. The Hall–Kier alpha value is -1.73. The number of hydrogen-bond acceptors (Lipinski definition) is 5. The third-order valence-electron chi connectivity index (χ3n) is 3.17. The SMILES string of the molecule is COCCN(CC(=O)c1cc([N+](=O)[O-])c[nH]1)C1CC1. The summed E-state index contributed by atoms with van der Waals surface area (Å²) in [5.41, 5.74) is 0.202. The smallest absolute Gasteiger partial charge is 0.287 e. The molecule has 1 saturated carbocycles. The van der Waals surface area contributed by atoms with E-state index in [0.717, 1.165) is 12.8 Å². The van der Waals surface area contributed by atoms with Crippen LogP contribution in [0.1, 0.15) is 23.3 Å². The molecule has 1 aliphatic carbocycles. The van der Waals surface area contributed by atoms with Crippen LogP contribution in [0.4, 0.5) is 5.69 Å². The van der Waals surface area contributed by atoms with Gasteiger partial charge >= 0.3 is 0 Å². The van der Waals surface area contributed by atoms with E-state index in [4.69, 9.17) is 4.74 Å². The highest BCUT2D eigenvalue weighted by Crippen LogP contribution is 2.26. The fraction of sp³-hybridized carbons (Fsp3) is 0.583. The van der Waals surface area contributed by atoms with Gasteiger partial charge in [-0.25, -0.2) is 0 Å². The van der Waals surface area contributed by atoms with E-state index in [2.05, 4.69) is 9.88 Å². The van der Waals surface area contributed by atoms with Crippen molar-refractivity contribution in [2.24, 2.45) is 0 Å². The second-order valence-electron chi connectivity index (χ2n) is 4.65. The maximum Gasteiger partial charge on any atom is 0.287 e. The Morgan fingerprint density at radius 1 is 1.63 bits per heavy atom. The Labute approximate surface area is 110 Å². The van der Waals surface area contributed by atoms with Gasteiger partial charge in [0.15, 0.2) is 5.78 Å². The monoisotopic (exact) mass is 267 g/mol. The molecule has 1 aromatic heterocycles. The molecule has 1 fully saturated rings. The summed E-state index contributed by atoms with van der Waals surface area (Å²) in [6.07, 6.45) is 3.44. The first kappa shape index (κ1) is 13.7. The number of ether oxygens (including phenoxy) is 1. The first-order valence-corrected chi connectivity index (χ1v) is 6.21. The molecule has 0 unspecified atom stereocenters. The zero-order valence-corrected chi connectivity index (χ0v) is 10.8. The van der Waals surface area contributed by atoms with E-state index in [0.29, 0.717) is 19.2 Å². The molecule has 1 aliphatic rings. The van der Waals surface area contributed by atoms with Crippen molar-refractivity contribution < 1.29 is 14.5 Å². The van der Waals surface area contributed by atoms with Crippen molar-refractivity contribution in [2.45, 2.75) is 18.9 Å². The summed E-state index contributed by atoms with van der Waals surface area (Å²) in [6, 6.07) is 1.73. The number of nitrogens with zero attached hydrogens (tertiary/aromatic N) is 2. The molecule has 7 heteroatoms. The molecular weight excluding hydrogens is 250 g/mol. The van der Waals surface area contributed by atoms with Crippen LogP contribution in [0.25, 0.3) is 0 Å². The molecule has 1 N–H and O–H groups in total. The summed E-state index contributed by atoms with van der Waals surface area (Å²) in [4.78, 5) is 26.8. The molecule has 0 aliphatic heterocycles. The molecule has 0 radical (unpaired) electrons. The van der Waals surface area contributed by atoms with Gasteiger partial charge in [-0.1, -0.05) is 0 Å². The van der Waals surface area contributed by atoms with Crippen LogP contribution in [-0.2, 0) is 4.74 Å². The Morgan fingerprint density at radius 2 is 2.37 bits per heavy atom. The average molecular weight is 267 g/mol. The van der Waals surface area contributed by atoms with Gasteiger partial charge in [-0.3, -0.25) is 19.8 Å². The molecule has 7 nitrogen and oxygen atoms in total. The minimum Gasteiger partial charge on any atom is -0.383 e. The molecular formula is C12H17N3O4. The van der Waals surface area contributed by atoms with Crippen molar-refractivity contribution >= 4 is 11.5 Å². The minimum atomic E-state index is -0.517. The average Bonchev–Trinajstić information content (AvgIpc) is 3.09. The van der Waals surface area contributed by atoms with E-state index in [1.807, 2.05) is 0 Å². The lowest BCUT2D eigenvalue weighted by Crippen LogP contribution is -2.34. The van der Waals surface area contributed by atoms with Gasteiger partial charge in [-0.05, 0) is 12.8 Å². The topological polar surface area (TPSA) is 88.5 Å². The van der Waals surface area contributed by atoms with Crippen LogP contribution in [0.15, 0.2) is 12.3 Å². The van der Waals surface area contributed by atoms with Gasteiger partial charge in [0.25, 0.3) is 5.69 Å². The number of H-pyrrole nitrogens is 1. The number of nitro groups is 1. The highest BCUT2D eigenvalue weighted by molar-refractivity contribution is 5.96. The highest BCUT2D eigenvalue weighted by Gasteiger charge is 2.30. The molecule has 1 heterocycles. The van der Waals surface area contributed by atoms with E-state index in [1.54, 1.807) is 7.11 Å². The van der Waals surface area contributed by atoms with E-state index in [9.17, 15) is 14.9 Å². The molecule has 0 atom stereocenters. The van der Waals surface area contributed by atoms with Crippen molar-refractivity contribution in [3.05, 3.63) is 28.1 Å². The fourth-order valence-electron chi connectivity index (χ4n) is 1.96. The summed E-state index contributed by atoms with van der Waals surface area (Å²) >= 11 is 0. The minimum absolute atomic E-state index is 0.0850. The van der Waals surface area contributed by atoms with Crippen LogP contribution in [0.3, 0.4) is 0 Å². The Morgan fingerprint density at radius 3 is 2.89 bits per heavy atom. The predicted octanol–water partition coefficient (Wildman–Crippen LogP) is 1.22. The molecule has 0 spiro atoms. The number of carbonyl (C=O) groups is 1. The largest absolute Gasteiger partial charge is 0.383 e. The molecule has 0 saturated heterocycles. The zero-order chi connectivity index (χ0) is 13.8. The number of methoxy groups -OCH3 is 1. The van der Waals surface area contributed by atoms with Crippen LogP contribution in [0.5, 0.6) is 0 Å². The first-order chi connectivity index (χ1) is 9.11. The Balaban J connectivity index is 1.95. The lowest BCUT2D eigenvalue weighted by Gasteiger charge is -2.20. The summed E-state index contributed by atoms with van der Waals surface area (Å²) < 4.78 is 5.02. The Bertz CT molecular complexity index is 467. The van der Waals surface area contributed by atoms with Crippen LogP contribution >= 0.6 is 0 Å². The summed E-state index contributed by atoms with van der Waals surface area (Å²) in [6.45, 7) is 1.55. The molecule has 19 heavy (non-hydrogen) atoms. The van der Waals surface area contributed by atoms with Gasteiger partial charge in [0, 0.05) is 25.8 Å². The van der Waals surface area contributed by atoms with E-state index >= 15 is 0 Å². The number of aromatic nitrogens is 1. The molecule has 0 aromatic carbocycles. The number of nitrogens with one attached hydrogen (secondary N) is 1. The number of rotatable bonds is 8. The van der Waals surface area contributed by atoms with Gasteiger partial charge in [0.2, 0.25) is 0 Å². The molecule has 0 amide bonds. The van der Waals surface area contributed by atoms with Crippen molar-refractivity contribution in [3.8, 4) is 0 Å². The van der Waals surface area contributed by atoms with Gasteiger partial charge in [0.05, 0.1) is 30.0 Å². The normalized spacial score (nSPS) is 14.8. The van der Waals surface area contributed by atoms with Gasteiger partial charge in [-0.2, -0.15) is 0 Å². The summed E-state index contributed by atoms with van der Waals surface area (Å²) in [5.74, 6) is -0.129. The molecule has 1 aromatic rings. The van der Waals surface area contributed by atoms with E-state index in [-0.39, 0.29) is 23.7 Å². The van der Waals surface area contributed by atoms with Crippen LogP contribution < -0.4 is 0 Å².